The van der Waals surface area contributed by atoms with Crippen LogP contribution in [0.1, 0.15) is 19.4 Å². The zero-order valence-electron chi connectivity index (χ0n) is 15.6. The van der Waals surface area contributed by atoms with Crippen molar-refractivity contribution in [2.45, 2.75) is 30.9 Å². The van der Waals surface area contributed by atoms with Gasteiger partial charge in [0.25, 0.3) is 0 Å². The van der Waals surface area contributed by atoms with E-state index in [1.807, 2.05) is 0 Å². The van der Waals surface area contributed by atoms with E-state index in [0.29, 0.717) is 38.9 Å². The lowest BCUT2D eigenvalue weighted by Crippen LogP contribution is -2.15. The summed E-state index contributed by atoms with van der Waals surface area (Å²) in [5.74, 6) is 0.0910. The molecular formula is C20H19FN4O2S. The molecule has 0 spiro atoms. The average Bonchev–Trinajstić information content (AvgIpc) is 3.03. The van der Waals surface area contributed by atoms with Gasteiger partial charge in [0.15, 0.2) is 15.7 Å². The van der Waals surface area contributed by atoms with Crippen LogP contribution in [-0.4, -0.2) is 28.8 Å². The van der Waals surface area contributed by atoms with Crippen molar-refractivity contribution in [2.24, 2.45) is 0 Å². The summed E-state index contributed by atoms with van der Waals surface area (Å²) in [6.45, 7) is 5.08. The van der Waals surface area contributed by atoms with Gasteiger partial charge in [0, 0.05) is 17.0 Å². The molecule has 2 aromatic heterocycles. The second-order valence-electron chi connectivity index (χ2n) is 6.97. The van der Waals surface area contributed by atoms with E-state index in [4.69, 9.17) is 0 Å². The minimum absolute atomic E-state index is 0.281. The third-order valence-electron chi connectivity index (χ3n) is 4.74. The van der Waals surface area contributed by atoms with Crippen LogP contribution in [0.5, 0.6) is 0 Å². The maximum Gasteiger partial charge on any atom is 0.180 e. The Labute approximate surface area is 161 Å². The number of nitrogens with zero attached hydrogens (tertiary/aromatic N) is 2. The van der Waals surface area contributed by atoms with Gasteiger partial charge in [0.2, 0.25) is 0 Å². The first-order valence-electron chi connectivity index (χ1n) is 8.81. The van der Waals surface area contributed by atoms with Crippen LogP contribution >= 0.6 is 0 Å². The molecule has 0 aliphatic heterocycles. The molecule has 2 heterocycles. The van der Waals surface area contributed by atoms with Crippen molar-refractivity contribution >= 4 is 43.1 Å². The van der Waals surface area contributed by atoms with Crippen LogP contribution in [0.25, 0.3) is 21.8 Å². The van der Waals surface area contributed by atoms with E-state index in [-0.39, 0.29) is 10.7 Å². The van der Waals surface area contributed by atoms with E-state index in [2.05, 4.69) is 20.5 Å². The molecule has 0 saturated carbocycles. The number of sulfone groups is 1. The minimum atomic E-state index is -3.45. The lowest BCUT2D eigenvalue weighted by Gasteiger charge is -2.14. The van der Waals surface area contributed by atoms with Crippen molar-refractivity contribution in [3.63, 3.8) is 0 Å². The molecule has 0 radical (unpaired) electrons. The van der Waals surface area contributed by atoms with E-state index in [1.165, 1.54) is 12.1 Å². The van der Waals surface area contributed by atoms with Gasteiger partial charge in [-0.3, -0.25) is 10.1 Å². The lowest BCUT2D eigenvalue weighted by atomic mass is 10.1. The molecule has 2 aromatic carbocycles. The predicted molar refractivity (Wildman–Crippen MR) is 108 cm³/mol. The quantitative estimate of drug-likeness (QED) is 0.529. The Balaban J connectivity index is 1.88. The first kappa shape index (κ1) is 18.4. The number of rotatable bonds is 4. The van der Waals surface area contributed by atoms with Crippen LogP contribution in [0.3, 0.4) is 0 Å². The fourth-order valence-corrected chi connectivity index (χ4v) is 4.45. The summed E-state index contributed by atoms with van der Waals surface area (Å²) in [5, 5.41) is 11.0. The van der Waals surface area contributed by atoms with E-state index < -0.39 is 15.1 Å². The number of benzene rings is 2. The SMILES string of the molecule is Cc1cc2nccc(Nc3n[nH]c4ccc(F)cc34)c2cc1S(=O)(=O)C(C)C. The molecule has 28 heavy (non-hydrogen) atoms. The number of pyridine rings is 1. The number of nitrogens with one attached hydrogen (secondary N) is 2. The zero-order chi connectivity index (χ0) is 20.1. The van der Waals surface area contributed by atoms with Crippen molar-refractivity contribution < 1.29 is 12.8 Å². The summed E-state index contributed by atoms with van der Waals surface area (Å²) in [6, 6.07) is 9.51. The molecule has 0 saturated heterocycles. The fraction of sp³-hybridized carbons (Fsp3) is 0.200. The van der Waals surface area contributed by atoms with Crippen molar-refractivity contribution in [3.8, 4) is 0 Å². The first-order valence-corrected chi connectivity index (χ1v) is 10.4. The molecule has 4 aromatic rings. The van der Waals surface area contributed by atoms with Gasteiger partial charge in [0.05, 0.1) is 26.9 Å². The standard InChI is InChI=1S/C20H19FN4O2S/c1-11(2)28(26,27)19-10-14-16(6-7-22-18(14)8-12(19)3)23-20-15-9-13(21)4-5-17(15)24-25-20/h4-11H,1-3H3,(H2,22,23,24,25). The van der Waals surface area contributed by atoms with Crippen LogP contribution in [-0.2, 0) is 9.84 Å². The molecule has 0 amide bonds. The van der Waals surface area contributed by atoms with Gasteiger partial charge in [-0.2, -0.15) is 5.10 Å². The third kappa shape index (κ3) is 2.99. The maximum absolute atomic E-state index is 13.6. The van der Waals surface area contributed by atoms with Gasteiger partial charge in [-0.1, -0.05) is 0 Å². The molecule has 0 atom stereocenters. The summed E-state index contributed by atoms with van der Waals surface area (Å²) < 4.78 is 39.1. The molecule has 0 bridgehead atoms. The molecule has 0 unspecified atom stereocenters. The highest BCUT2D eigenvalue weighted by Crippen LogP contribution is 2.32. The van der Waals surface area contributed by atoms with Crippen LogP contribution in [0.15, 0.2) is 47.5 Å². The number of aromatic amines is 1. The van der Waals surface area contributed by atoms with Crippen molar-refractivity contribution in [2.75, 3.05) is 5.32 Å². The van der Waals surface area contributed by atoms with Crippen LogP contribution in [0.2, 0.25) is 0 Å². The number of hydrogen-bond donors (Lipinski definition) is 2. The van der Waals surface area contributed by atoms with Gasteiger partial charge >= 0.3 is 0 Å². The van der Waals surface area contributed by atoms with Gasteiger partial charge in [-0.05, 0) is 62.7 Å². The molecule has 0 aliphatic carbocycles. The predicted octanol–water partition coefficient (Wildman–Crippen LogP) is 4.48. The summed E-state index contributed by atoms with van der Waals surface area (Å²) in [4.78, 5) is 4.63. The van der Waals surface area contributed by atoms with Crippen molar-refractivity contribution in [1.29, 1.82) is 0 Å². The average molecular weight is 398 g/mol. The Morgan fingerprint density at radius 1 is 1.11 bits per heavy atom. The second kappa shape index (κ2) is 6.56. The zero-order valence-corrected chi connectivity index (χ0v) is 16.4. The number of hydrogen-bond acceptors (Lipinski definition) is 5. The second-order valence-corrected chi connectivity index (χ2v) is 9.45. The molecule has 6 nitrogen and oxygen atoms in total. The largest absolute Gasteiger partial charge is 0.338 e. The number of halogens is 1. The minimum Gasteiger partial charge on any atom is -0.338 e. The monoisotopic (exact) mass is 398 g/mol. The molecular weight excluding hydrogens is 379 g/mol. The summed E-state index contributed by atoms with van der Waals surface area (Å²) in [6.07, 6.45) is 1.64. The van der Waals surface area contributed by atoms with Gasteiger partial charge in [0.1, 0.15) is 5.82 Å². The molecule has 2 N–H and O–H groups in total. The topological polar surface area (TPSA) is 87.7 Å². The Morgan fingerprint density at radius 2 is 1.89 bits per heavy atom. The molecule has 0 aliphatic rings. The Morgan fingerprint density at radius 3 is 2.64 bits per heavy atom. The van der Waals surface area contributed by atoms with E-state index in [1.54, 1.807) is 51.2 Å². The van der Waals surface area contributed by atoms with Crippen molar-refractivity contribution in [3.05, 3.63) is 54.0 Å². The molecule has 4 rings (SSSR count). The summed E-state index contributed by atoms with van der Waals surface area (Å²) >= 11 is 0. The smallest absolute Gasteiger partial charge is 0.180 e. The van der Waals surface area contributed by atoms with E-state index >= 15 is 0 Å². The van der Waals surface area contributed by atoms with Gasteiger partial charge in [-0.15, -0.1) is 0 Å². The van der Waals surface area contributed by atoms with Crippen molar-refractivity contribution in [1.82, 2.24) is 15.2 Å². The molecule has 8 heteroatoms. The fourth-order valence-electron chi connectivity index (χ4n) is 3.16. The highest BCUT2D eigenvalue weighted by atomic mass is 32.2. The van der Waals surface area contributed by atoms with E-state index in [9.17, 15) is 12.8 Å². The number of aromatic nitrogens is 3. The number of anilines is 2. The summed E-state index contributed by atoms with van der Waals surface area (Å²) in [5.41, 5.74) is 2.65. The maximum atomic E-state index is 13.6. The number of aryl methyl sites for hydroxylation is 1. The van der Waals surface area contributed by atoms with Gasteiger partial charge in [-0.25, -0.2) is 12.8 Å². The highest BCUT2D eigenvalue weighted by molar-refractivity contribution is 7.92. The Kier molecular flexibility index (Phi) is 4.30. The Bertz CT molecular complexity index is 1310. The number of H-pyrrole nitrogens is 1. The van der Waals surface area contributed by atoms with E-state index in [0.717, 1.165) is 0 Å². The summed E-state index contributed by atoms with van der Waals surface area (Å²) in [7, 11) is -3.45. The molecule has 0 fully saturated rings. The van der Waals surface area contributed by atoms with Crippen LogP contribution in [0, 0.1) is 12.7 Å². The third-order valence-corrected chi connectivity index (χ3v) is 7.04. The van der Waals surface area contributed by atoms with Gasteiger partial charge < -0.3 is 5.32 Å². The first-order chi connectivity index (χ1) is 13.3. The normalized spacial score (nSPS) is 12.2. The highest BCUT2D eigenvalue weighted by Gasteiger charge is 2.22. The van der Waals surface area contributed by atoms with Crippen LogP contribution in [0.4, 0.5) is 15.9 Å². The Hall–Kier alpha value is -3.00. The van der Waals surface area contributed by atoms with Crippen LogP contribution < -0.4 is 5.32 Å². The molecule has 144 valence electrons. The number of fused-ring (bicyclic) bond motifs is 2. The lowest BCUT2D eigenvalue weighted by molar-refractivity contribution is 0.587.